The summed E-state index contributed by atoms with van der Waals surface area (Å²) in [5.41, 5.74) is 1.33. The highest BCUT2D eigenvalue weighted by Gasteiger charge is 2.22. The molecule has 3 nitrogen and oxygen atoms in total. The molecule has 110 valence electrons. The van der Waals surface area contributed by atoms with E-state index < -0.39 is 0 Å². The predicted octanol–water partition coefficient (Wildman–Crippen LogP) is 3.47. The van der Waals surface area contributed by atoms with Gasteiger partial charge in [-0.25, -0.2) is 0 Å². The Kier molecular flexibility index (Phi) is 4.73. The Morgan fingerprint density at radius 2 is 1.86 bits per heavy atom. The lowest BCUT2D eigenvalue weighted by Gasteiger charge is -2.34. The van der Waals surface area contributed by atoms with E-state index in [9.17, 15) is 4.79 Å². The molecule has 5 heteroatoms. The van der Waals surface area contributed by atoms with Gasteiger partial charge in [0, 0.05) is 42.6 Å². The van der Waals surface area contributed by atoms with Crippen LogP contribution in [0, 0.1) is 0 Å². The van der Waals surface area contributed by atoms with Gasteiger partial charge in [0.05, 0.1) is 4.88 Å². The van der Waals surface area contributed by atoms with Crippen molar-refractivity contribution in [1.29, 1.82) is 0 Å². The third-order valence-corrected chi connectivity index (χ3v) is 5.37. The third kappa shape index (κ3) is 3.73. The van der Waals surface area contributed by atoms with E-state index in [1.54, 1.807) is 0 Å². The van der Waals surface area contributed by atoms with Gasteiger partial charge in [0.1, 0.15) is 0 Å². The number of thiophene rings is 1. The summed E-state index contributed by atoms with van der Waals surface area (Å²) in [5, 5.41) is 1.96. The summed E-state index contributed by atoms with van der Waals surface area (Å²) in [6.45, 7) is 4.45. The van der Waals surface area contributed by atoms with E-state index in [4.69, 9.17) is 0 Å². The fraction of sp³-hybridized carbons (Fsp3) is 0.312. The van der Waals surface area contributed by atoms with Crippen molar-refractivity contribution >= 4 is 33.2 Å². The van der Waals surface area contributed by atoms with E-state index in [2.05, 4.69) is 45.1 Å². The summed E-state index contributed by atoms with van der Waals surface area (Å²) >= 11 is 4.91. The molecule has 0 N–H and O–H groups in total. The van der Waals surface area contributed by atoms with Crippen molar-refractivity contribution in [2.45, 2.75) is 6.54 Å². The summed E-state index contributed by atoms with van der Waals surface area (Å²) in [5.74, 6) is 0.157. The maximum absolute atomic E-state index is 12.4. The largest absolute Gasteiger partial charge is 0.335 e. The molecule has 1 aromatic carbocycles. The smallest absolute Gasteiger partial charge is 0.264 e. The molecular weight excluding hydrogens is 348 g/mol. The van der Waals surface area contributed by atoms with E-state index in [1.807, 2.05) is 22.4 Å². The van der Waals surface area contributed by atoms with Gasteiger partial charge in [-0.15, -0.1) is 11.3 Å². The summed E-state index contributed by atoms with van der Waals surface area (Å²) < 4.78 is 0.985. The minimum Gasteiger partial charge on any atom is -0.335 e. The van der Waals surface area contributed by atoms with Gasteiger partial charge in [-0.1, -0.05) is 30.3 Å². The van der Waals surface area contributed by atoms with Gasteiger partial charge in [-0.3, -0.25) is 9.69 Å². The molecule has 0 saturated carbocycles. The standard InChI is InChI=1S/C16H17BrN2OS/c17-14-10-15(21-12-14)16(20)19-8-6-18(7-9-19)11-13-4-2-1-3-5-13/h1-5,10,12H,6-9,11H2. The monoisotopic (exact) mass is 364 g/mol. The molecule has 1 aromatic heterocycles. The van der Waals surface area contributed by atoms with Gasteiger partial charge in [-0.05, 0) is 27.6 Å². The first-order valence-corrected chi connectivity index (χ1v) is 8.69. The predicted molar refractivity (Wildman–Crippen MR) is 89.6 cm³/mol. The molecule has 3 rings (SSSR count). The molecule has 0 bridgehead atoms. The van der Waals surface area contributed by atoms with Crippen LogP contribution in [0.4, 0.5) is 0 Å². The number of hydrogen-bond acceptors (Lipinski definition) is 3. The highest BCUT2D eigenvalue weighted by molar-refractivity contribution is 9.10. The van der Waals surface area contributed by atoms with Crippen molar-refractivity contribution in [1.82, 2.24) is 9.80 Å². The fourth-order valence-corrected chi connectivity index (χ4v) is 3.93. The number of amides is 1. The lowest BCUT2D eigenvalue weighted by atomic mass is 10.2. The van der Waals surface area contributed by atoms with Gasteiger partial charge in [0.2, 0.25) is 0 Å². The Bertz CT molecular complexity index is 606. The Balaban J connectivity index is 1.54. The molecule has 0 unspecified atom stereocenters. The second-order valence-corrected chi connectivity index (χ2v) is 7.01. The summed E-state index contributed by atoms with van der Waals surface area (Å²) in [7, 11) is 0. The zero-order chi connectivity index (χ0) is 14.7. The highest BCUT2D eigenvalue weighted by Crippen LogP contribution is 2.22. The van der Waals surface area contributed by atoms with Crippen molar-refractivity contribution < 1.29 is 4.79 Å². The van der Waals surface area contributed by atoms with Crippen LogP contribution in [0.15, 0.2) is 46.3 Å². The summed E-state index contributed by atoms with van der Waals surface area (Å²) in [6.07, 6.45) is 0. The minimum atomic E-state index is 0.157. The number of carbonyl (C=O) groups is 1. The number of piperazine rings is 1. The van der Waals surface area contributed by atoms with Crippen LogP contribution in [-0.2, 0) is 6.54 Å². The van der Waals surface area contributed by atoms with Crippen LogP contribution in [0.1, 0.15) is 15.2 Å². The maximum atomic E-state index is 12.4. The summed E-state index contributed by atoms with van der Waals surface area (Å²) in [6, 6.07) is 12.4. The Morgan fingerprint density at radius 3 is 2.48 bits per heavy atom. The minimum absolute atomic E-state index is 0.157. The van der Waals surface area contributed by atoms with Crippen LogP contribution in [0.2, 0.25) is 0 Å². The molecule has 1 aliphatic heterocycles. The van der Waals surface area contributed by atoms with Gasteiger partial charge in [-0.2, -0.15) is 0 Å². The first kappa shape index (κ1) is 14.8. The molecule has 1 amide bonds. The Labute approximate surface area is 137 Å². The zero-order valence-electron chi connectivity index (χ0n) is 11.7. The molecule has 1 fully saturated rings. The van der Waals surface area contributed by atoms with Gasteiger partial charge in [0.15, 0.2) is 0 Å². The lowest BCUT2D eigenvalue weighted by Crippen LogP contribution is -2.48. The normalized spacial score (nSPS) is 16.1. The number of benzene rings is 1. The van der Waals surface area contributed by atoms with E-state index in [0.717, 1.165) is 42.1 Å². The number of rotatable bonds is 3. The second kappa shape index (κ2) is 6.73. The Morgan fingerprint density at radius 1 is 1.14 bits per heavy atom. The average molecular weight is 365 g/mol. The SMILES string of the molecule is O=C(c1cc(Br)cs1)N1CCN(Cc2ccccc2)CC1. The van der Waals surface area contributed by atoms with Crippen molar-refractivity contribution in [2.75, 3.05) is 26.2 Å². The maximum Gasteiger partial charge on any atom is 0.264 e. The highest BCUT2D eigenvalue weighted by atomic mass is 79.9. The van der Waals surface area contributed by atoms with Gasteiger partial charge < -0.3 is 4.90 Å². The first-order chi connectivity index (χ1) is 10.2. The van der Waals surface area contributed by atoms with Crippen LogP contribution < -0.4 is 0 Å². The van der Waals surface area contributed by atoms with E-state index in [0.29, 0.717) is 0 Å². The zero-order valence-corrected chi connectivity index (χ0v) is 14.1. The molecule has 0 spiro atoms. The van der Waals surface area contributed by atoms with Gasteiger partial charge in [0.25, 0.3) is 5.91 Å². The molecule has 1 saturated heterocycles. The molecule has 21 heavy (non-hydrogen) atoms. The molecule has 2 aromatic rings. The number of hydrogen-bond donors (Lipinski definition) is 0. The first-order valence-electron chi connectivity index (χ1n) is 7.02. The number of nitrogens with zero attached hydrogens (tertiary/aromatic N) is 2. The quantitative estimate of drug-likeness (QED) is 0.832. The number of halogens is 1. The van der Waals surface area contributed by atoms with Crippen LogP contribution in [0.3, 0.4) is 0 Å². The second-order valence-electron chi connectivity index (χ2n) is 5.18. The van der Waals surface area contributed by atoms with Crippen LogP contribution in [0.25, 0.3) is 0 Å². The van der Waals surface area contributed by atoms with Crippen LogP contribution in [0.5, 0.6) is 0 Å². The fourth-order valence-electron chi connectivity index (χ4n) is 2.53. The number of carbonyl (C=O) groups excluding carboxylic acids is 1. The molecular formula is C16H17BrN2OS. The molecule has 2 heterocycles. The van der Waals surface area contributed by atoms with Crippen molar-refractivity contribution in [2.24, 2.45) is 0 Å². The molecule has 0 radical (unpaired) electrons. The van der Waals surface area contributed by atoms with Gasteiger partial charge >= 0.3 is 0 Å². The van der Waals surface area contributed by atoms with E-state index in [1.165, 1.54) is 16.9 Å². The van der Waals surface area contributed by atoms with E-state index in [-0.39, 0.29) is 5.91 Å². The van der Waals surface area contributed by atoms with Crippen molar-refractivity contribution in [3.63, 3.8) is 0 Å². The van der Waals surface area contributed by atoms with Crippen molar-refractivity contribution in [3.05, 3.63) is 56.7 Å². The van der Waals surface area contributed by atoms with Crippen LogP contribution >= 0.6 is 27.3 Å². The third-order valence-electron chi connectivity index (χ3n) is 3.69. The molecule has 0 aliphatic carbocycles. The van der Waals surface area contributed by atoms with Crippen molar-refractivity contribution in [3.8, 4) is 0 Å². The molecule has 1 aliphatic rings. The lowest BCUT2D eigenvalue weighted by molar-refractivity contribution is 0.0633. The van der Waals surface area contributed by atoms with Crippen LogP contribution in [-0.4, -0.2) is 41.9 Å². The average Bonchev–Trinajstić information content (AvgIpc) is 2.95. The Hall–Kier alpha value is -1.17. The topological polar surface area (TPSA) is 23.6 Å². The summed E-state index contributed by atoms with van der Waals surface area (Å²) in [4.78, 5) is 17.6. The van der Waals surface area contributed by atoms with E-state index >= 15 is 0 Å². The molecule has 0 atom stereocenters.